The third-order valence-corrected chi connectivity index (χ3v) is 4.27. The summed E-state index contributed by atoms with van der Waals surface area (Å²) in [6.07, 6.45) is 7.59. The Morgan fingerprint density at radius 1 is 1.35 bits per heavy atom. The van der Waals surface area contributed by atoms with Crippen molar-refractivity contribution < 1.29 is 9.59 Å². The predicted octanol–water partition coefficient (Wildman–Crippen LogP) is 2.39. The molecule has 2 aliphatic rings. The fourth-order valence-electron chi connectivity index (χ4n) is 3.03. The number of ketones is 1. The molecule has 0 aromatic heterocycles. The van der Waals surface area contributed by atoms with Gasteiger partial charge in [-0.3, -0.25) is 9.59 Å². The normalized spacial score (nSPS) is 26.5. The highest BCUT2D eigenvalue weighted by molar-refractivity contribution is 5.85. The first-order valence-corrected chi connectivity index (χ1v) is 6.97. The van der Waals surface area contributed by atoms with Crippen molar-refractivity contribution in [3.05, 3.63) is 0 Å². The van der Waals surface area contributed by atoms with Crippen LogP contribution in [0.5, 0.6) is 0 Å². The van der Waals surface area contributed by atoms with Crippen LogP contribution in [0.15, 0.2) is 0 Å². The van der Waals surface area contributed by atoms with Crippen molar-refractivity contribution in [3.63, 3.8) is 0 Å². The van der Waals surface area contributed by atoms with E-state index < -0.39 is 0 Å². The number of rotatable bonds is 3. The Kier molecular flexibility index (Phi) is 4.19. The van der Waals surface area contributed by atoms with E-state index in [1.807, 2.05) is 11.8 Å². The van der Waals surface area contributed by atoms with Crippen molar-refractivity contribution in [1.82, 2.24) is 4.90 Å². The number of carbonyl (C=O) groups excluding carboxylic acids is 2. The Morgan fingerprint density at radius 2 is 2.06 bits per heavy atom. The van der Waals surface area contributed by atoms with Gasteiger partial charge in [0.15, 0.2) is 0 Å². The third kappa shape index (κ3) is 3.30. The van der Waals surface area contributed by atoms with Gasteiger partial charge < -0.3 is 4.90 Å². The number of likely N-dealkylation sites (tertiary alicyclic amines) is 1. The van der Waals surface area contributed by atoms with Gasteiger partial charge >= 0.3 is 0 Å². The highest BCUT2D eigenvalue weighted by atomic mass is 16.2. The number of hydrogen-bond donors (Lipinski definition) is 0. The SMILES string of the molecule is CC1CN(C(=O)CCC2CCCC2)CCC1=O. The summed E-state index contributed by atoms with van der Waals surface area (Å²) < 4.78 is 0. The quantitative estimate of drug-likeness (QED) is 0.756. The predicted molar refractivity (Wildman–Crippen MR) is 66.6 cm³/mol. The molecule has 0 aromatic rings. The van der Waals surface area contributed by atoms with E-state index in [-0.39, 0.29) is 11.8 Å². The molecule has 0 radical (unpaired) electrons. The smallest absolute Gasteiger partial charge is 0.222 e. The third-order valence-electron chi connectivity index (χ3n) is 4.27. The summed E-state index contributed by atoms with van der Waals surface area (Å²) in [7, 11) is 0. The maximum Gasteiger partial charge on any atom is 0.222 e. The first-order valence-electron chi connectivity index (χ1n) is 6.97. The molecule has 3 nitrogen and oxygen atoms in total. The van der Waals surface area contributed by atoms with Crippen LogP contribution in [0.4, 0.5) is 0 Å². The van der Waals surface area contributed by atoms with E-state index in [4.69, 9.17) is 0 Å². The number of hydrogen-bond acceptors (Lipinski definition) is 2. The summed E-state index contributed by atoms with van der Waals surface area (Å²) >= 11 is 0. The van der Waals surface area contributed by atoms with Crippen LogP contribution in [0.25, 0.3) is 0 Å². The molecular weight excluding hydrogens is 214 g/mol. The second-order valence-electron chi connectivity index (χ2n) is 5.65. The van der Waals surface area contributed by atoms with Crippen molar-refractivity contribution in [1.29, 1.82) is 0 Å². The summed E-state index contributed by atoms with van der Waals surface area (Å²) in [6, 6.07) is 0. The molecule has 17 heavy (non-hydrogen) atoms. The summed E-state index contributed by atoms with van der Waals surface area (Å²) in [5.41, 5.74) is 0. The Bertz CT molecular complexity index is 295. The summed E-state index contributed by atoms with van der Waals surface area (Å²) in [5.74, 6) is 1.39. The Balaban J connectivity index is 1.73. The Morgan fingerprint density at radius 3 is 2.71 bits per heavy atom. The topological polar surface area (TPSA) is 37.4 Å². The standard InChI is InChI=1S/C14H23NO2/c1-11-10-15(9-8-13(11)16)14(17)7-6-12-4-2-3-5-12/h11-12H,2-10H2,1H3. The highest BCUT2D eigenvalue weighted by Crippen LogP contribution is 2.28. The zero-order chi connectivity index (χ0) is 12.3. The monoisotopic (exact) mass is 237 g/mol. The van der Waals surface area contributed by atoms with Gasteiger partial charge in [0.2, 0.25) is 5.91 Å². The molecule has 2 fully saturated rings. The lowest BCUT2D eigenvalue weighted by Gasteiger charge is -2.30. The molecule has 1 heterocycles. The van der Waals surface area contributed by atoms with Crippen molar-refractivity contribution in [3.8, 4) is 0 Å². The molecule has 2 rings (SSSR count). The van der Waals surface area contributed by atoms with Crippen LogP contribution >= 0.6 is 0 Å². The highest BCUT2D eigenvalue weighted by Gasteiger charge is 2.27. The summed E-state index contributed by atoms with van der Waals surface area (Å²) in [4.78, 5) is 25.3. The second kappa shape index (κ2) is 5.65. The van der Waals surface area contributed by atoms with Gasteiger partial charge in [0.1, 0.15) is 5.78 Å². The second-order valence-corrected chi connectivity index (χ2v) is 5.65. The average Bonchev–Trinajstić information content (AvgIpc) is 2.82. The summed E-state index contributed by atoms with van der Waals surface area (Å²) in [5, 5.41) is 0. The number of Topliss-reactive ketones (excluding diaryl/α,β-unsaturated/α-hetero) is 1. The van der Waals surface area contributed by atoms with Gasteiger partial charge in [-0.1, -0.05) is 32.6 Å². The van der Waals surface area contributed by atoms with Gasteiger partial charge in [0.05, 0.1) is 0 Å². The van der Waals surface area contributed by atoms with Crippen LogP contribution in [0.2, 0.25) is 0 Å². The molecular formula is C14H23NO2. The zero-order valence-electron chi connectivity index (χ0n) is 10.8. The molecule has 96 valence electrons. The molecule has 1 saturated heterocycles. The molecule has 1 atom stereocenters. The molecule has 3 heteroatoms. The fourth-order valence-corrected chi connectivity index (χ4v) is 3.03. The van der Waals surface area contributed by atoms with Gasteiger partial charge in [-0.05, 0) is 12.3 Å². The Labute approximate surface area is 104 Å². The van der Waals surface area contributed by atoms with Crippen LogP contribution in [-0.4, -0.2) is 29.7 Å². The zero-order valence-corrected chi connectivity index (χ0v) is 10.8. The molecule has 1 unspecified atom stereocenters. The van der Waals surface area contributed by atoms with Crippen LogP contribution in [0.1, 0.15) is 51.9 Å². The first-order chi connectivity index (χ1) is 8.16. The molecule has 0 N–H and O–H groups in total. The lowest BCUT2D eigenvalue weighted by atomic mass is 9.97. The maximum atomic E-state index is 12.0. The van der Waals surface area contributed by atoms with E-state index in [1.165, 1.54) is 25.7 Å². The van der Waals surface area contributed by atoms with Gasteiger partial charge in [-0.25, -0.2) is 0 Å². The van der Waals surface area contributed by atoms with Gasteiger partial charge in [0, 0.05) is 31.8 Å². The Hall–Kier alpha value is -0.860. The van der Waals surface area contributed by atoms with Crippen molar-refractivity contribution in [2.24, 2.45) is 11.8 Å². The van der Waals surface area contributed by atoms with Gasteiger partial charge in [0.25, 0.3) is 0 Å². The van der Waals surface area contributed by atoms with Gasteiger partial charge in [-0.2, -0.15) is 0 Å². The maximum absolute atomic E-state index is 12.0. The first kappa shape index (κ1) is 12.6. The van der Waals surface area contributed by atoms with Crippen molar-refractivity contribution >= 4 is 11.7 Å². The molecule has 1 aliphatic carbocycles. The molecule has 0 aromatic carbocycles. The number of amides is 1. The minimum absolute atomic E-state index is 0.0409. The molecule has 1 saturated carbocycles. The van der Waals surface area contributed by atoms with E-state index in [9.17, 15) is 9.59 Å². The number of carbonyl (C=O) groups is 2. The fraction of sp³-hybridized carbons (Fsp3) is 0.857. The van der Waals surface area contributed by atoms with Crippen LogP contribution in [0.3, 0.4) is 0 Å². The van der Waals surface area contributed by atoms with Crippen LogP contribution in [0, 0.1) is 11.8 Å². The van der Waals surface area contributed by atoms with Crippen molar-refractivity contribution in [2.75, 3.05) is 13.1 Å². The average molecular weight is 237 g/mol. The molecule has 1 amide bonds. The van der Waals surface area contributed by atoms with E-state index >= 15 is 0 Å². The molecule has 1 aliphatic heterocycles. The van der Waals surface area contributed by atoms with Crippen LogP contribution in [-0.2, 0) is 9.59 Å². The molecule has 0 spiro atoms. The van der Waals surface area contributed by atoms with Crippen molar-refractivity contribution in [2.45, 2.75) is 51.9 Å². The van der Waals surface area contributed by atoms with E-state index in [0.717, 1.165) is 12.3 Å². The van der Waals surface area contributed by atoms with Crippen LogP contribution < -0.4 is 0 Å². The number of nitrogens with zero attached hydrogens (tertiary/aromatic N) is 1. The lowest BCUT2D eigenvalue weighted by Crippen LogP contribution is -2.43. The summed E-state index contributed by atoms with van der Waals surface area (Å²) in [6.45, 7) is 3.22. The number of piperidine rings is 1. The van der Waals surface area contributed by atoms with E-state index in [2.05, 4.69) is 0 Å². The van der Waals surface area contributed by atoms with E-state index in [0.29, 0.717) is 31.7 Å². The minimum Gasteiger partial charge on any atom is -0.342 e. The van der Waals surface area contributed by atoms with E-state index in [1.54, 1.807) is 0 Å². The minimum atomic E-state index is 0.0409. The largest absolute Gasteiger partial charge is 0.342 e. The molecule has 0 bridgehead atoms. The van der Waals surface area contributed by atoms with Gasteiger partial charge in [-0.15, -0.1) is 0 Å². The lowest BCUT2D eigenvalue weighted by molar-refractivity contribution is -0.137.